The molecule has 13 heavy (non-hydrogen) atoms. The molecule has 0 aromatic rings. The molecule has 76 valence electrons. The SMILES string of the molecule is CC(=O)N(CCOC(C)C)C(C)=O. The predicted molar refractivity (Wildman–Crippen MR) is 49.2 cm³/mol. The van der Waals surface area contributed by atoms with E-state index in [2.05, 4.69) is 0 Å². The average molecular weight is 187 g/mol. The number of amides is 2. The summed E-state index contributed by atoms with van der Waals surface area (Å²) < 4.78 is 5.23. The Kier molecular flexibility index (Phi) is 5.30. The maximum Gasteiger partial charge on any atom is 0.226 e. The molecule has 0 aliphatic rings. The van der Waals surface area contributed by atoms with Crippen molar-refractivity contribution in [1.82, 2.24) is 4.90 Å². The normalized spacial score (nSPS) is 10.2. The summed E-state index contributed by atoms with van der Waals surface area (Å²) >= 11 is 0. The first-order valence-electron chi connectivity index (χ1n) is 4.35. The number of imide groups is 1. The van der Waals surface area contributed by atoms with Crippen molar-refractivity contribution < 1.29 is 14.3 Å². The molecule has 4 nitrogen and oxygen atoms in total. The summed E-state index contributed by atoms with van der Waals surface area (Å²) in [6, 6.07) is 0. The van der Waals surface area contributed by atoms with Crippen molar-refractivity contribution in [2.24, 2.45) is 0 Å². The summed E-state index contributed by atoms with van der Waals surface area (Å²) in [5.74, 6) is -0.472. The molecular weight excluding hydrogens is 170 g/mol. The molecule has 0 fully saturated rings. The zero-order valence-electron chi connectivity index (χ0n) is 8.66. The highest BCUT2D eigenvalue weighted by molar-refractivity contribution is 5.92. The molecule has 0 spiro atoms. The topological polar surface area (TPSA) is 46.6 Å². The Morgan fingerprint density at radius 3 is 2.00 bits per heavy atom. The second kappa shape index (κ2) is 5.70. The van der Waals surface area contributed by atoms with Crippen molar-refractivity contribution in [3.8, 4) is 0 Å². The van der Waals surface area contributed by atoms with Crippen LogP contribution < -0.4 is 0 Å². The van der Waals surface area contributed by atoms with Gasteiger partial charge < -0.3 is 4.74 Å². The highest BCUT2D eigenvalue weighted by Crippen LogP contribution is 1.93. The van der Waals surface area contributed by atoms with Crippen LogP contribution in [0.1, 0.15) is 27.7 Å². The zero-order valence-corrected chi connectivity index (χ0v) is 8.66. The Hall–Kier alpha value is -0.900. The van der Waals surface area contributed by atoms with Crippen LogP contribution in [0.2, 0.25) is 0 Å². The van der Waals surface area contributed by atoms with Gasteiger partial charge in [-0.25, -0.2) is 0 Å². The Balaban J connectivity index is 3.84. The van der Waals surface area contributed by atoms with Crippen molar-refractivity contribution in [2.45, 2.75) is 33.8 Å². The first-order chi connectivity index (χ1) is 5.95. The molecule has 0 saturated carbocycles. The lowest BCUT2D eigenvalue weighted by Gasteiger charge is -2.17. The van der Waals surface area contributed by atoms with Crippen LogP contribution in [0.4, 0.5) is 0 Å². The summed E-state index contributed by atoms with van der Waals surface area (Å²) in [6.07, 6.45) is 0.126. The molecule has 0 unspecified atom stereocenters. The van der Waals surface area contributed by atoms with Crippen molar-refractivity contribution in [3.05, 3.63) is 0 Å². The Bertz CT molecular complexity index is 175. The van der Waals surface area contributed by atoms with E-state index in [0.717, 1.165) is 0 Å². The van der Waals surface area contributed by atoms with Crippen LogP contribution in [-0.2, 0) is 14.3 Å². The number of hydrogen-bond acceptors (Lipinski definition) is 3. The maximum absolute atomic E-state index is 10.9. The molecule has 0 saturated heterocycles. The first-order valence-corrected chi connectivity index (χ1v) is 4.35. The third-order valence-electron chi connectivity index (χ3n) is 1.53. The fourth-order valence-electron chi connectivity index (χ4n) is 0.916. The lowest BCUT2D eigenvalue weighted by atomic mass is 10.4. The van der Waals surface area contributed by atoms with Crippen LogP contribution in [0.15, 0.2) is 0 Å². The third kappa shape index (κ3) is 5.36. The van der Waals surface area contributed by atoms with Gasteiger partial charge in [0.05, 0.1) is 19.3 Å². The minimum Gasteiger partial charge on any atom is -0.377 e. The van der Waals surface area contributed by atoms with Crippen molar-refractivity contribution >= 4 is 11.8 Å². The van der Waals surface area contributed by atoms with Crippen molar-refractivity contribution in [1.29, 1.82) is 0 Å². The van der Waals surface area contributed by atoms with Crippen LogP contribution in [0, 0.1) is 0 Å². The maximum atomic E-state index is 10.9. The summed E-state index contributed by atoms with van der Waals surface area (Å²) in [7, 11) is 0. The van der Waals surface area contributed by atoms with Gasteiger partial charge in [0.25, 0.3) is 0 Å². The molecule has 0 heterocycles. The van der Waals surface area contributed by atoms with E-state index in [4.69, 9.17) is 4.74 Å². The second-order valence-corrected chi connectivity index (χ2v) is 3.11. The quantitative estimate of drug-likeness (QED) is 0.654. The lowest BCUT2D eigenvalue weighted by Crippen LogP contribution is -2.36. The Morgan fingerprint density at radius 2 is 1.69 bits per heavy atom. The van der Waals surface area contributed by atoms with E-state index >= 15 is 0 Å². The van der Waals surface area contributed by atoms with Gasteiger partial charge in [-0.2, -0.15) is 0 Å². The smallest absolute Gasteiger partial charge is 0.226 e. The van der Waals surface area contributed by atoms with E-state index in [9.17, 15) is 9.59 Å². The molecule has 4 heteroatoms. The summed E-state index contributed by atoms with van der Waals surface area (Å²) in [4.78, 5) is 23.0. The molecule has 0 atom stereocenters. The van der Waals surface area contributed by atoms with Crippen LogP contribution >= 0.6 is 0 Å². The summed E-state index contributed by atoms with van der Waals surface area (Å²) in [5, 5.41) is 0. The number of rotatable bonds is 4. The second-order valence-electron chi connectivity index (χ2n) is 3.11. The molecule has 0 aromatic carbocycles. The predicted octanol–water partition coefficient (Wildman–Crippen LogP) is 0.806. The molecule has 0 aliphatic carbocycles. The number of nitrogens with zero attached hydrogens (tertiary/aromatic N) is 1. The molecule has 0 N–H and O–H groups in total. The van der Waals surface area contributed by atoms with E-state index < -0.39 is 0 Å². The van der Waals surface area contributed by atoms with Crippen molar-refractivity contribution in [3.63, 3.8) is 0 Å². The van der Waals surface area contributed by atoms with Crippen LogP contribution in [-0.4, -0.2) is 36.0 Å². The number of ether oxygens (including phenoxy) is 1. The van der Waals surface area contributed by atoms with Gasteiger partial charge in [0.15, 0.2) is 0 Å². The van der Waals surface area contributed by atoms with Gasteiger partial charge in [-0.15, -0.1) is 0 Å². The molecule has 0 aliphatic heterocycles. The standard InChI is InChI=1S/C9H17NO3/c1-7(2)13-6-5-10(8(3)11)9(4)12/h7H,5-6H2,1-4H3. The minimum absolute atomic E-state index is 0.126. The van der Waals surface area contributed by atoms with E-state index in [-0.39, 0.29) is 17.9 Å². The van der Waals surface area contributed by atoms with E-state index in [1.165, 1.54) is 18.7 Å². The van der Waals surface area contributed by atoms with E-state index in [1.807, 2.05) is 13.8 Å². The number of hydrogen-bond donors (Lipinski definition) is 0. The van der Waals surface area contributed by atoms with Crippen LogP contribution in [0.5, 0.6) is 0 Å². The summed E-state index contributed by atoms with van der Waals surface area (Å²) in [6.45, 7) is 7.30. The van der Waals surface area contributed by atoms with Gasteiger partial charge in [-0.3, -0.25) is 14.5 Å². The van der Waals surface area contributed by atoms with Gasteiger partial charge in [0.1, 0.15) is 0 Å². The Labute approximate surface area is 78.9 Å². The van der Waals surface area contributed by atoms with Gasteiger partial charge in [0.2, 0.25) is 11.8 Å². The largest absolute Gasteiger partial charge is 0.377 e. The highest BCUT2D eigenvalue weighted by Gasteiger charge is 2.12. The molecule has 0 aromatic heterocycles. The number of carbonyl (C=O) groups is 2. The van der Waals surface area contributed by atoms with Gasteiger partial charge in [-0.1, -0.05) is 0 Å². The average Bonchev–Trinajstić information content (AvgIpc) is 1.95. The zero-order chi connectivity index (χ0) is 10.4. The van der Waals surface area contributed by atoms with Gasteiger partial charge in [-0.05, 0) is 13.8 Å². The molecule has 2 amide bonds. The number of carbonyl (C=O) groups excluding carboxylic acids is 2. The molecular formula is C9H17NO3. The van der Waals surface area contributed by atoms with Gasteiger partial charge in [0, 0.05) is 13.8 Å². The fraction of sp³-hybridized carbons (Fsp3) is 0.778. The monoisotopic (exact) mass is 187 g/mol. The van der Waals surface area contributed by atoms with Gasteiger partial charge >= 0.3 is 0 Å². The fourth-order valence-corrected chi connectivity index (χ4v) is 0.916. The molecule has 0 radical (unpaired) electrons. The highest BCUT2D eigenvalue weighted by atomic mass is 16.5. The lowest BCUT2D eigenvalue weighted by molar-refractivity contribution is -0.143. The van der Waals surface area contributed by atoms with Crippen LogP contribution in [0.3, 0.4) is 0 Å². The van der Waals surface area contributed by atoms with E-state index in [0.29, 0.717) is 13.2 Å². The first kappa shape index (κ1) is 12.1. The van der Waals surface area contributed by atoms with Crippen LogP contribution in [0.25, 0.3) is 0 Å². The third-order valence-corrected chi connectivity index (χ3v) is 1.53. The summed E-state index contributed by atoms with van der Waals surface area (Å²) in [5.41, 5.74) is 0. The minimum atomic E-state index is -0.236. The molecule has 0 rings (SSSR count). The Morgan fingerprint density at radius 1 is 1.23 bits per heavy atom. The van der Waals surface area contributed by atoms with Crippen molar-refractivity contribution in [2.75, 3.05) is 13.2 Å². The van der Waals surface area contributed by atoms with E-state index in [1.54, 1.807) is 0 Å². The molecule has 0 bridgehead atoms.